The van der Waals surface area contributed by atoms with Crippen LogP contribution in [0, 0.1) is 0 Å². The minimum absolute atomic E-state index is 0.188. The number of carbonyl (C=O) groups excluding carboxylic acids is 2. The van der Waals surface area contributed by atoms with Gasteiger partial charge in [0.05, 0.1) is 0 Å². The fourth-order valence-electron chi connectivity index (χ4n) is 2.85. The molecule has 0 heterocycles. The van der Waals surface area contributed by atoms with Crippen LogP contribution in [0.25, 0.3) is 0 Å². The van der Waals surface area contributed by atoms with E-state index < -0.39 is 6.10 Å². The van der Waals surface area contributed by atoms with Gasteiger partial charge in [0.25, 0.3) is 11.8 Å². The summed E-state index contributed by atoms with van der Waals surface area (Å²) in [6, 6.07) is 23.7. The quantitative estimate of drug-likeness (QED) is 0.604. The molecule has 5 heteroatoms. The fraction of sp³-hybridized carbons (Fsp3) is 0.167. The number of ether oxygens (including phenoxy) is 1. The topological polar surface area (TPSA) is 67.4 Å². The Labute approximate surface area is 170 Å². The summed E-state index contributed by atoms with van der Waals surface area (Å²) in [4.78, 5) is 24.8. The number of benzene rings is 3. The molecule has 3 aromatic rings. The van der Waals surface area contributed by atoms with E-state index in [0.717, 1.165) is 17.7 Å². The number of anilines is 2. The molecule has 0 saturated carbocycles. The fourth-order valence-corrected chi connectivity index (χ4v) is 2.85. The minimum atomic E-state index is -0.675. The van der Waals surface area contributed by atoms with Gasteiger partial charge in [-0.15, -0.1) is 0 Å². The zero-order chi connectivity index (χ0) is 20.6. The highest BCUT2D eigenvalue weighted by molar-refractivity contribution is 6.04. The van der Waals surface area contributed by atoms with Crippen LogP contribution < -0.4 is 15.4 Å². The lowest BCUT2D eigenvalue weighted by atomic mass is 10.1. The molecule has 0 spiro atoms. The molecular formula is C24H24N2O3. The first-order valence-electron chi connectivity index (χ1n) is 9.58. The SMILES string of the molecule is CCc1ccccc1NC(=O)c1ccc(O[C@@H](C)C(=O)Nc2ccccc2)cc1. The highest BCUT2D eigenvalue weighted by Gasteiger charge is 2.15. The molecule has 0 unspecified atom stereocenters. The lowest BCUT2D eigenvalue weighted by molar-refractivity contribution is -0.122. The number of para-hydroxylation sites is 2. The van der Waals surface area contributed by atoms with E-state index in [4.69, 9.17) is 4.74 Å². The molecule has 2 amide bonds. The van der Waals surface area contributed by atoms with Crippen molar-refractivity contribution in [2.45, 2.75) is 26.4 Å². The predicted molar refractivity (Wildman–Crippen MR) is 115 cm³/mol. The second-order valence-corrected chi connectivity index (χ2v) is 6.60. The summed E-state index contributed by atoms with van der Waals surface area (Å²) >= 11 is 0. The zero-order valence-electron chi connectivity index (χ0n) is 16.5. The van der Waals surface area contributed by atoms with Crippen LogP contribution in [0.4, 0.5) is 11.4 Å². The van der Waals surface area contributed by atoms with Gasteiger partial charge < -0.3 is 15.4 Å². The summed E-state index contributed by atoms with van der Waals surface area (Å²) < 4.78 is 5.69. The molecule has 3 rings (SSSR count). The molecule has 2 N–H and O–H groups in total. The summed E-state index contributed by atoms with van der Waals surface area (Å²) in [5.41, 5.74) is 3.13. The van der Waals surface area contributed by atoms with Gasteiger partial charge in [0.1, 0.15) is 5.75 Å². The van der Waals surface area contributed by atoms with E-state index in [-0.39, 0.29) is 11.8 Å². The number of hydrogen-bond donors (Lipinski definition) is 2. The molecule has 0 aliphatic carbocycles. The monoisotopic (exact) mass is 388 g/mol. The Morgan fingerprint density at radius 2 is 1.52 bits per heavy atom. The van der Waals surface area contributed by atoms with Crippen LogP contribution in [0.2, 0.25) is 0 Å². The first-order valence-corrected chi connectivity index (χ1v) is 9.58. The number of amides is 2. The van der Waals surface area contributed by atoms with Gasteiger partial charge in [0.15, 0.2) is 6.10 Å². The molecule has 1 atom stereocenters. The molecule has 0 radical (unpaired) electrons. The Morgan fingerprint density at radius 1 is 0.862 bits per heavy atom. The maximum atomic E-state index is 12.5. The van der Waals surface area contributed by atoms with Crippen molar-refractivity contribution in [2.24, 2.45) is 0 Å². The molecule has 0 aliphatic heterocycles. The maximum absolute atomic E-state index is 12.5. The van der Waals surface area contributed by atoms with Gasteiger partial charge in [-0.3, -0.25) is 9.59 Å². The van der Waals surface area contributed by atoms with E-state index >= 15 is 0 Å². The van der Waals surface area contributed by atoms with Crippen LogP contribution in [0.1, 0.15) is 29.8 Å². The van der Waals surface area contributed by atoms with E-state index in [1.807, 2.05) is 61.5 Å². The van der Waals surface area contributed by atoms with Crippen LogP contribution in [0.3, 0.4) is 0 Å². The van der Waals surface area contributed by atoms with Crippen LogP contribution in [-0.2, 0) is 11.2 Å². The molecule has 0 fully saturated rings. The smallest absolute Gasteiger partial charge is 0.265 e. The van der Waals surface area contributed by atoms with Crippen molar-refractivity contribution in [1.82, 2.24) is 0 Å². The van der Waals surface area contributed by atoms with Crippen LogP contribution in [0.15, 0.2) is 78.9 Å². The normalized spacial score (nSPS) is 11.4. The third-order valence-electron chi connectivity index (χ3n) is 4.49. The van der Waals surface area contributed by atoms with Crippen LogP contribution >= 0.6 is 0 Å². The molecule has 0 saturated heterocycles. The molecule has 0 aliphatic rings. The Balaban J connectivity index is 1.59. The Bertz CT molecular complexity index is 969. The van der Waals surface area contributed by atoms with Crippen molar-refractivity contribution in [3.8, 4) is 5.75 Å². The number of aryl methyl sites for hydroxylation is 1. The number of carbonyl (C=O) groups is 2. The highest BCUT2D eigenvalue weighted by atomic mass is 16.5. The Hall–Kier alpha value is -3.60. The van der Waals surface area contributed by atoms with E-state index in [2.05, 4.69) is 10.6 Å². The third-order valence-corrected chi connectivity index (χ3v) is 4.49. The zero-order valence-corrected chi connectivity index (χ0v) is 16.5. The van der Waals surface area contributed by atoms with Gasteiger partial charge >= 0.3 is 0 Å². The summed E-state index contributed by atoms with van der Waals surface area (Å²) in [7, 11) is 0. The van der Waals surface area contributed by atoms with Crippen molar-refractivity contribution in [3.05, 3.63) is 90.0 Å². The average Bonchev–Trinajstić information content (AvgIpc) is 2.75. The van der Waals surface area contributed by atoms with Crippen molar-refractivity contribution in [2.75, 3.05) is 10.6 Å². The van der Waals surface area contributed by atoms with Gasteiger partial charge in [-0.1, -0.05) is 43.3 Å². The molecule has 3 aromatic carbocycles. The predicted octanol–water partition coefficient (Wildman–Crippen LogP) is 4.91. The van der Waals surface area contributed by atoms with Crippen molar-refractivity contribution < 1.29 is 14.3 Å². The highest BCUT2D eigenvalue weighted by Crippen LogP contribution is 2.19. The minimum Gasteiger partial charge on any atom is -0.481 e. The maximum Gasteiger partial charge on any atom is 0.265 e. The first-order chi connectivity index (χ1) is 14.1. The summed E-state index contributed by atoms with van der Waals surface area (Å²) in [6.07, 6.45) is 0.165. The van der Waals surface area contributed by atoms with E-state index in [1.54, 1.807) is 31.2 Å². The number of hydrogen-bond acceptors (Lipinski definition) is 3. The number of rotatable bonds is 7. The lowest BCUT2D eigenvalue weighted by Crippen LogP contribution is -2.30. The second kappa shape index (κ2) is 9.55. The average molecular weight is 388 g/mol. The molecule has 5 nitrogen and oxygen atoms in total. The molecule has 0 aromatic heterocycles. The van der Waals surface area contributed by atoms with Gasteiger partial charge in [-0.2, -0.15) is 0 Å². The standard InChI is InChI=1S/C24H24N2O3/c1-3-18-9-7-8-12-22(18)26-24(28)19-13-15-21(16-14-19)29-17(2)23(27)25-20-10-5-4-6-11-20/h4-17H,3H2,1-2H3,(H,25,27)(H,26,28)/t17-/m0/s1. The van der Waals surface area contributed by atoms with Crippen molar-refractivity contribution >= 4 is 23.2 Å². The van der Waals surface area contributed by atoms with Crippen LogP contribution in [-0.4, -0.2) is 17.9 Å². The summed E-state index contributed by atoms with van der Waals surface area (Å²) in [5.74, 6) is 0.0905. The summed E-state index contributed by atoms with van der Waals surface area (Å²) in [5, 5.41) is 5.74. The molecule has 148 valence electrons. The van der Waals surface area contributed by atoms with E-state index in [0.29, 0.717) is 17.0 Å². The van der Waals surface area contributed by atoms with Crippen molar-refractivity contribution in [3.63, 3.8) is 0 Å². The molecular weight excluding hydrogens is 364 g/mol. The summed E-state index contributed by atoms with van der Waals surface area (Å²) in [6.45, 7) is 3.73. The van der Waals surface area contributed by atoms with Gasteiger partial charge in [0, 0.05) is 16.9 Å². The second-order valence-electron chi connectivity index (χ2n) is 6.60. The van der Waals surface area contributed by atoms with Gasteiger partial charge in [-0.25, -0.2) is 0 Å². The Morgan fingerprint density at radius 3 is 2.21 bits per heavy atom. The largest absolute Gasteiger partial charge is 0.481 e. The third kappa shape index (κ3) is 5.45. The number of nitrogens with one attached hydrogen (secondary N) is 2. The molecule has 29 heavy (non-hydrogen) atoms. The van der Waals surface area contributed by atoms with Gasteiger partial charge in [-0.05, 0) is 61.4 Å². The lowest BCUT2D eigenvalue weighted by Gasteiger charge is -2.15. The van der Waals surface area contributed by atoms with E-state index in [1.165, 1.54) is 0 Å². The van der Waals surface area contributed by atoms with Crippen LogP contribution in [0.5, 0.6) is 5.75 Å². The Kier molecular flexibility index (Phi) is 6.63. The molecule has 0 bridgehead atoms. The van der Waals surface area contributed by atoms with Crippen molar-refractivity contribution in [1.29, 1.82) is 0 Å². The van der Waals surface area contributed by atoms with Gasteiger partial charge in [0.2, 0.25) is 0 Å². The van der Waals surface area contributed by atoms with E-state index in [9.17, 15) is 9.59 Å². The first kappa shape index (κ1) is 20.1.